The number of carbonyl (C=O) groups is 1. The lowest BCUT2D eigenvalue weighted by Crippen LogP contribution is -2.29. The van der Waals surface area contributed by atoms with Gasteiger partial charge in [-0.2, -0.15) is 0 Å². The highest BCUT2D eigenvalue weighted by atomic mass is 16.1. The van der Waals surface area contributed by atoms with E-state index in [1.54, 1.807) is 0 Å². The molecule has 10 heavy (non-hydrogen) atoms. The van der Waals surface area contributed by atoms with Gasteiger partial charge in [0.2, 0.25) is 5.91 Å². The second kappa shape index (κ2) is 5.23. The van der Waals surface area contributed by atoms with Crippen molar-refractivity contribution in [2.45, 2.75) is 32.7 Å². The van der Waals surface area contributed by atoms with Gasteiger partial charge < -0.3 is 11.1 Å². The summed E-state index contributed by atoms with van der Waals surface area (Å²) in [5.74, 6) is -0.240. The van der Waals surface area contributed by atoms with Gasteiger partial charge in [0, 0.05) is 19.0 Å². The Hall–Kier alpha value is -0.570. The zero-order valence-corrected chi connectivity index (χ0v) is 6.68. The Morgan fingerprint density at radius 3 is 2.70 bits per heavy atom. The SMILES string of the molecule is CC[C@H](C)NCCC(N)=O. The minimum absolute atomic E-state index is 0.240. The molecule has 0 radical (unpaired) electrons. The molecular weight excluding hydrogens is 128 g/mol. The topological polar surface area (TPSA) is 55.1 Å². The van der Waals surface area contributed by atoms with E-state index >= 15 is 0 Å². The summed E-state index contributed by atoms with van der Waals surface area (Å²) in [6.07, 6.45) is 1.52. The Balaban J connectivity index is 3.11. The highest BCUT2D eigenvalue weighted by Crippen LogP contribution is 1.86. The first-order valence-electron chi connectivity index (χ1n) is 3.68. The molecule has 3 heteroatoms. The first kappa shape index (κ1) is 9.43. The fourth-order valence-electron chi connectivity index (χ4n) is 0.586. The second-order valence-electron chi connectivity index (χ2n) is 2.48. The van der Waals surface area contributed by atoms with Crippen LogP contribution >= 0.6 is 0 Å². The highest BCUT2D eigenvalue weighted by Gasteiger charge is 1.97. The van der Waals surface area contributed by atoms with Crippen LogP contribution in [0.2, 0.25) is 0 Å². The second-order valence-corrected chi connectivity index (χ2v) is 2.48. The van der Waals surface area contributed by atoms with E-state index < -0.39 is 0 Å². The zero-order chi connectivity index (χ0) is 7.98. The number of rotatable bonds is 5. The number of hydrogen-bond acceptors (Lipinski definition) is 2. The Bertz CT molecular complexity index is 104. The van der Waals surface area contributed by atoms with Crippen molar-refractivity contribution in [3.8, 4) is 0 Å². The molecule has 0 aliphatic carbocycles. The number of carbonyl (C=O) groups excluding carboxylic acids is 1. The van der Waals surface area contributed by atoms with E-state index in [2.05, 4.69) is 19.2 Å². The summed E-state index contributed by atoms with van der Waals surface area (Å²) < 4.78 is 0. The van der Waals surface area contributed by atoms with Crippen LogP contribution in [0.5, 0.6) is 0 Å². The highest BCUT2D eigenvalue weighted by molar-refractivity contribution is 5.73. The van der Waals surface area contributed by atoms with Crippen LogP contribution in [0.4, 0.5) is 0 Å². The number of hydrogen-bond donors (Lipinski definition) is 2. The molecule has 0 aliphatic heterocycles. The van der Waals surface area contributed by atoms with Crippen LogP contribution in [-0.2, 0) is 4.79 Å². The Morgan fingerprint density at radius 2 is 2.30 bits per heavy atom. The Kier molecular flexibility index (Phi) is 4.94. The van der Waals surface area contributed by atoms with E-state index in [0.29, 0.717) is 19.0 Å². The van der Waals surface area contributed by atoms with Gasteiger partial charge >= 0.3 is 0 Å². The molecule has 0 aromatic rings. The molecule has 1 atom stereocenters. The third-order valence-corrected chi connectivity index (χ3v) is 1.48. The number of primary amides is 1. The van der Waals surface area contributed by atoms with Crippen LogP contribution in [0.15, 0.2) is 0 Å². The lowest BCUT2D eigenvalue weighted by atomic mass is 10.2. The molecule has 1 amide bonds. The van der Waals surface area contributed by atoms with Crippen LogP contribution in [0, 0.1) is 0 Å². The molecule has 0 spiro atoms. The predicted molar refractivity (Wildman–Crippen MR) is 41.6 cm³/mol. The average molecular weight is 144 g/mol. The number of nitrogens with two attached hydrogens (primary N) is 1. The first-order valence-corrected chi connectivity index (χ1v) is 3.68. The van der Waals surface area contributed by atoms with Crippen molar-refractivity contribution >= 4 is 5.91 Å². The van der Waals surface area contributed by atoms with Crippen LogP contribution < -0.4 is 11.1 Å². The van der Waals surface area contributed by atoms with Gasteiger partial charge in [-0.1, -0.05) is 6.92 Å². The standard InChI is InChI=1S/C7H16N2O/c1-3-6(2)9-5-4-7(8)10/h6,9H,3-5H2,1-2H3,(H2,8,10)/t6-/m0/s1. The third-order valence-electron chi connectivity index (χ3n) is 1.48. The fraction of sp³-hybridized carbons (Fsp3) is 0.857. The van der Waals surface area contributed by atoms with Crippen LogP contribution in [-0.4, -0.2) is 18.5 Å². The maximum absolute atomic E-state index is 10.3. The Morgan fingerprint density at radius 1 is 1.70 bits per heavy atom. The molecule has 0 aliphatic rings. The molecule has 3 N–H and O–H groups in total. The van der Waals surface area contributed by atoms with Crippen molar-refractivity contribution in [1.82, 2.24) is 5.32 Å². The van der Waals surface area contributed by atoms with Gasteiger partial charge in [0.05, 0.1) is 0 Å². The van der Waals surface area contributed by atoms with Gasteiger partial charge in [-0.15, -0.1) is 0 Å². The van der Waals surface area contributed by atoms with Gasteiger partial charge in [-0.05, 0) is 13.3 Å². The lowest BCUT2D eigenvalue weighted by Gasteiger charge is -2.08. The van der Waals surface area contributed by atoms with Crippen LogP contribution in [0.3, 0.4) is 0 Å². The van der Waals surface area contributed by atoms with Crippen LogP contribution in [0.25, 0.3) is 0 Å². The minimum Gasteiger partial charge on any atom is -0.370 e. The van der Waals surface area contributed by atoms with Crippen molar-refractivity contribution in [3.63, 3.8) is 0 Å². The van der Waals surface area contributed by atoms with E-state index in [9.17, 15) is 4.79 Å². The van der Waals surface area contributed by atoms with E-state index in [4.69, 9.17) is 5.73 Å². The monoisotopic (exact) mass is 144 g/mol. The van der Waals surface area contributed by atoms with E-state index in [1.165, 1.54) is 0 Å². The summed E-state index contributed by atoms with van der Waals surface area (Å²) in [5, 5.41) is 3.16. The summed E-state index contributed by atoms with van der Waals surface area (Å²) >= 11 is 0. The van der Waals surface area contributed by atoms with Crippen molar-refractivity contribution in [1.29, 1.82) is 0 Å². The van der Waals surface area contributed by atoms with Crippen molar-refractivity contribution in [3.05, 3.63) is 0 Å². The van der Waals surface area contributed by atoms with Gasteiger partial charge in [-0.25, -0.2) is 0 Å². The van der Waals surface area contributed by atoms with Crippen molar-refractivity contribution in [2.24, 2.45) is 5.73 Å². The molecule has 0 saturated heterocycles. The average Bonchev–Trinajstić information content (AvgIpc) is 1.87. The van der Waals surface area contributed by atoms with Gasteiger partial charge in [0.1, 0.15) is 0 Å². The summed E-state index contributed by atoms with van der Waals surface area (Å²) in [4.78, 5) is 10.3. The number of nitrogens with one attached hydrogen (secondary N) is 1. The molecule has 60 valence electrons. The summed E-state index contributed by atoms with van der Waals surface area (Å²) in [5.41, 5.74) is 4.94. The van der Waals surface area contributed by atoms with E-state index in [0.717, 1.165) is 6.42 Å². The first-order chi connectivity index (χ1) is 4.66. The molecule has 0 heterocycles. The molecular formula is C7H16N2O. The van der Waals surface area contributed by atoms with E-state index in [-0.39, 0.29) is 5.91 Å². The molecule has 0 rings (SSSR count). The molecule has 0 unspecified atom stereocenters. The van der Waals surface area contributed by atoms with Gasteiger partial charge in [0.15, 0.2) is 0 Å². The van der Waals surface area contributed by atoms with Gasteiger partial charge in [0.25, 0.3) is 0 Å². The molecule has 0 aromatic carbocycles. The minimum atomic E-state index is -0.240. The molecule has 0 saturated carbocycles. The number of amides is 1. The summed E-state index contributed by atoms with van der Waals surface area (Å²) in [6, 6.07) is 0.486. The zero-order valence-electron chi connectivity index (χ0n) is 6.68. The summed E-state index contributed by atoms with van der Waals surface area (Å²) in [7, 11) is 0. The predicted octanol–water partition coefficient (Wildman–Crippen LogP) is 0.250. The molecule has 0 bridgehead atoms. The van der Waals surface area contributed by atoms with E-state index in [1.807, 2.05) is 0 Å². The smallest absolute Gasteiger partial charge is 0.218 e. The largest absolute Gasteiger partial charge is 0.370 e. The lowest BCUT2D eigenvalue weighted by molar-refractivity contribution is -0.117. The third kappa shape index (κ3) is 5.56. The maximum Gasteiger partial charge on any atom is 0.218 e. The maximum atomic E-state index is 10.3. The van der Waals surface area contributed by atoms with Crippen molar-refractivity contribution in [2.75, 3.05) is 6.54 Å². The van der Waals surface area contributed by atoms with Crippen LogP contribution in [0.1, 0.15) is 26.7 Å². The normalized spacial score (nSPS) is 13.0. The molecule has 0 aromatic heterocycles. The van der Waals surface area contributed by atoms with Gasteiger partial charge in [-0.3, -0.25) is 4.79 Å². The fourth-order valence-corrected chi connectivity index (χ4v) is 0.586. The quantitative estimate of drug-likeness (QED) is 0.581. The summed E-state index contributed by atoms with van der Waals surface area (Å²) in [6.45, 7) is 4.88. The van der Waals surface area contributed by atoms with Crippen molar-refractivity contribution < 1.29 is 4.79 Å². The molecule has 0 fully saturated rings. The molecule has 3 nitrogen and oxygen atoms in total. The Labute approximate surface area is 62.0 Å².